The summed E-state index contributed by atoms with van der Waals surface area (Å²) in [6.07, 6.45) is -1.02. The van der Waals surface area contributed by atoms with Gasteiger partial charge in [-0.2, -0.15) is 5.06 Å². The Morgan fingerprint density at radius 1 is 1.23 bits per heavy atom. The van der Waals surface area contributed by atoms with Crippen molar-refractivity contribution in [2.75, 3.05) is 6.54 Å². The van der Waals surface area contributed by atoms with Crippen molar-refractivity contribution in [3.05, 3.63) is 69.8 Å². The van der Waals surface area contributed by atoms with E-state index in [2.05, 4.69) is 0 Å². The highest BCUT2D eigenvalue weighted by Gasteiger charge is 2.43. The van der Waals surface area contributed by atoms with Crippen molar-refractivity contribution in [2.24, 2.45) is 0 Å². The Labute approximate surface area is 156 Å². The van der Waals surface area contributed by atoms with Gasteiger partial charge in [0.1, 0.15) is 12.4 Å². The Hall–Kier alpha value is -2.48. The lowest BCUT2D eigenvalue weighted by Crippen LogP contribution is -2.34. The molecule has 1 atom stereocenters. The number of hydrogen-bond acceptors (Lipinski definition) is 4. The normalized spacial score (nSPS) is 17.3. The van der Waals surface area contributed by atoms with Gasteiger partial charge in [0.05, 0.1) is 15.5 Å². The van der Waals surface area contributed by atoms with E-state index in [0.29, 0.717) is 9.94 Å². The monoisotopic (exact) mass is 390 g/mol. The van der Waals surface area contributed by atoms with Crippen LogP contribution >= 0.6 is 22.9 Å². The van der Waals surface area contributed by atoms with Crippen molar-refractivity contribution in [1.82, 2.24) is 9.96 Å². The summed E-state index contributed by atoms with van der Waals surface area (Å²) in [5.41, 5.74) is -0.316. The standard InChI is InChI=1S/C18H12ClFN2O3S/c19-11-5-3-6-12(20)16(11)18(24)21-9-15(23)22(25)17(21)14-8-10-4-1-2-7-13(10)26-14/h1-8,17,25H,9H2. The lowest BCUT2D eigenvalue weighted by molar-refractivity contribution is -0.168. The van der Waals surface area contributed by atoms with Crippen LogP contribution in [0.3, 0.4) is 0 Å². The largest absolute Gasteiger partial charge is 0.302 e. The first-order chi connectivity index (χ1) is 12.5. The van der Waals surface area contributed by atoms with E-state index in [1.165, 1.54) is 23.5 Å². The van der Waals surface area contributed by atoms with Crippen molar-refractivity contribution < 1.29 is 19.2 Å². The molecule has 0 spiro atoms. The first kappa shape index (κ1) is 17.0. The molecule has 1 unspecified atom stereocenters. The third-order valence-electron chi connectivity index (χ3n) is 4.22. The summed E-state index contributed by atoms with van der Waals surface area (Å²) in [6.45, 7) is -0.362. The molecular weight excluding hydrogens is 379 g/mol. The van der Waals surface area contributed by atoms with Gasteiger partial charge in [0.15, 0.2) is 6.17 Å². The van der Waals surface area contributed by atoms with Crippen molar-refractivity contribution in [2.45, 2.75) is 6.17 Å². The Kier molecular flexibility index (Phi) is 4.14. The van der Waals surface area contributed by atoms with Crippen molar-refractivity contribution >= 4 is 44.8 Å². The van der Waals surface area contributed by atoms with Crippen LogP contribution in [0.5, 0.6) is 0 Å². The first-order valence-corrected chi connectivity index (χ1v) is 8.91. The Bertz CT molecular complexity index is 985. The zero-order valence-electron chi connectivity index (χ0n) is 13.2. The number of hydroxylamine groups is 2. The van der Waals surface area contributed by atoms with E-state index in [0.717, 1.165) is 21.1 Å². The van der Waals surface area contributed by atoms with E-state index < -0.39 is 23.8 Å². The highest BCUT2D eigenvalue weighted by molar-refractivity contribution is 7.19. The van der Waals surface area contributed by atoms with Crippen molar-refractivity contribution in [3.8, 4) is 0 Å². The summed E-state index contributed by atoms with van der Waals surface area (Å²) in [5, 5.41) is 11.6. The maximum Gasteiger partial charge on any atom is 0.267 e. The van der Waals surface area contributed by atoms with Gasteiger partial charge in [0, 0.05) is 4.70 Å². The number of nitrogens with zero attached hydrogens (tertiary/aromatic N) is 2. The lowest BCUT2D eigenvalue weighted by Gasteiger charge is -2.25. The highest BCUT2D eigenvalue weighted by Crippen LogP contribution is 2.38. The smallest absolute Gasteiger partial charge is 0.267 e. The molecule has 1 aliphatic heterocycles. The minimum Gasteiger partial charge on any atom is -0.302 e. The zero-order valence-corrected chi connectivity index (χ0v) is 14.8. The molecule has 5 nitrogen and oxygen atoms in total. The molecule has 0 aliphatic carbocycles. The fourth-order valence-electron chi connectivity index (χ4n) is 3.01. The molecule has 0 radical (unpaired) electrons. The fourth-order valence-corrected chi connectivity index (χ4v) is 4.41. The molecule has 3 aromatic rings. The third-order valence-corrected chi connectivity index (χ3v) is 5.70. The molecule has 132 valence electrons. The van der Waals surface area contributed by atoms with Crippen LogP contribution < -0.4 is 0 Å². The van der Waals surface area contributed by atoms with Gasteiger partial charge in [-0.1, -0.05) is 35.9 Å². The van der Waals surface area contributed by atoms with E-state index in [9.17, 15) is 19.2 Å². The molecule has 2 aromatic carbocycles. The SMILES string of the molecule is O=C1CN(C(=O)c2c(F)cccc2Cl)C(c2cc3ccccc3s2)N1O. The van der Waals surface area contributed by atoms with Crippen LogP contribution in [0.2, 0.25) is 5.02 Å². The van der Waals surface area contributed by atoms with Crippen LogP contribution in [0, 0.1) is 5.82 Å². The zero-order chi connectivity index (χ0) is 18.4. The number of carbonyl (C=O) groups excluding carboxylic acids is 2. The maximum absolute atomic E-state index is 14.2. The molecule has 8 heteroatoms. The van der Waals surface area contributed by atoms with Crippen LogP contribution in [0.15, 0.2) is 48.5 Å². The minimum atomic E-state index is -1.02. The average molecular weight is 391 g/mol. The van der Waals surface area contributed by atoms with Gasteiger partial charge in [0.2, 0.25) is 0 Å². The van der Waals surface area contributed by atoms with Crippen LogP contribution in [0.1, 0.15) is 21.4 Å². The van der Waals surface area contributed by atoms with Gasteiger partial charge in [0.25, 0.3) is 11.8 Å². The number of halogens is 2. The van der Waals surface area contributed by atoms with Gasteiger partial charge in [-0.05, 0) is 29.7 Å². The van der Waals surface area contributed by atoms with Gasteiger partial charge < -0.3 is 4.90 Å². The number of benzene rings is 2. The molecule has 1 aliphatic rings. The van der Waals surface area contributed by atoms with E-state index in [-0.39, 0.29) is 17.1 Å². The maximum atomic E-state index is 14.2. The molecule has 2 heterocycles. The molecule has 26 heavy (non-hydrogen) atoms. The van der Waals surface area contributed by atoms with Crippen LogP contribution in [0.4, 0.5) is 4.39 Å². The number of hydrogen-bond donors (Lipinski definition) is 1. The van der Waals surface area contributed by atoms with Gasteiger partial charge in [-0.15, -0.1) is 11.3 Å². The molecule has 0 bridgehead atoms. The summed E-state index contributed by atoms with van der Waals surface area (Å²) in [5.74, 6) is -2.17. The molecule has 1 saturated heterocycles. The Morgan fingerprint density at radius 3 is 2.73 bits per heavy atom. The van der Waals surface area contributed by atoms with E-state index >= 15 is 0 Å². The number of amides is 2. The molecule has 1 aromatic heterocycles. The highest BCUT2D eigenvalue weighted by atomic mass is 35.5. The van der Waals surface area contributed by atoms with Gasteiger partial charge >= 0.3 is 0 Å². The second kappa shape index (κ2) is 6.35. The summed E-state index contributed by atoms with van der Waals surface area (Å²) in [6, 6.07) is 13.3. The van der Waals surface area contributed by atoms with Crippen LogP contribution in [0.25, 0.3) is 10.1 Å². The predicted molar refractivity (Wildman–Crippen MR) is 95.6 cm³/mol. The number of fused-ring (bicyclic) bond motifs is 1. The molecule has 1 N–H and O–H groups in total. The second-order valence-electron chi connectivity index (χ2n) is 5.83. The van der Waals surface area contributed by atoms with Crippen LogP contribution in [-0.4, -0.2) is 33.5 Å². The average Bonchev–Trinajstić information content (AvgIpc) is 3.15. The van der Waals surface area contributed by atoms with E-state index in [1.807, 2.05) is 24.3 Å². The predicted octanol–water partition coefficient (Wildman–Crippen LogP) is 4.07. The fraction of sp³-hybridized carbons (Fsp3) is 0.111. The second-order valence-corrected chi connectivity index (χ2v) is 7.35. The Balaban J connectivity index is 1.79. The summed E-state index contributed by atoms with van der Waals surface area (Å²) in [4.78, 5) is 26.7. The Morgan fingerprint density at radius 2 is 2.00 bits per heavy atom. The quantitative estimate of drug-likeness (QED) is 0.671. The van der Waals surface area contributed by atoms with Gasteiger partial charge in [-0.25, -0.2) is 4.39 Å². The summed E-state index contributed by atoms with van der Waals surface area (Å²) >= 11 is 7.34. The lowest BCUT2D eigenvalue weighted by atomic mass is 10.1. The number of rotatable bonds is 2. The summed E-state index contributed by atoms with van der Waals surface area (Å²) in [7, 11) is 0. The van der Waals surface area contributed by atoms with Crippen LogP contribution in [-0.2, 0) is 4.79 Å². The molecular formula is C18H12ClFN2O3S. The number of carbonyl (C=O) groups is 2. The summed E-state index contributed by atoms with van der Waals surface area (Å²) < 4.78 is 15.1. The van der Waals surface area contributed by atoms with E-state index in [4.69, 9.17) is 11.6 Å². The third kappa shape index (κ3) is 2.65. The van der Waals surface area contributed by atoms with E-state index in [1.54, 1.807) is 6.07 Å². The van der Waals surface area contributed by atoms with Crippen molar-refractivity contribution in [1.29, 1.82) is 0 Å². The number of thiophene rings is 1. The van der Waals surface area contributed by atoms with Gasteiger partial charge in [-0.3, -0.25) is 14.8 Å². The minimum absolute atomic E-state index is 0.0473. The molecule has 0 saturated carbocycles. The molecule has 2 amide bonds. The molecule has 1 fully saturated rings. The first-order valence-electron chi connectivity index (χ1n) is 7.72. The topological polar surface area (TPSA) is 60.9 Å². The van der Waals surface area contributed by atoms with Crippen molar-refractivity contribution in [3.63, 3.8) is 0 Å². The molecule has 4 rings (SSSR count).